The Labute approximate surface area is 109 Å². The summed E-state index contributed by atoms with van der Waals surface area (Å²) in [6, 6.07) is 11.6. The van der Waals surface area contributed by atoms with E-state index in [1.807, 2.05) is 6.07 Å². The van der Waals surface area contributed by atoms with Gasteiger partial charge in [0.25, 0.3) is 6.02 Å². The molecule has 1 aromatic rings. The lowest BCUT2D eigenvalue weighted by Gasteiger charge is -2.22. The summed E-state index contributed by atoms with van der Waals surface area (Å²) in [6.07, 6.45) is 3.35. The average Bonchev–Trinajstić information content (AvgIpc) is 2.83. The van der Waals surface area contributed by atoms with Crippen LogP contribution in [0.15, 0.2) is 35.3 Å². The van der Waals surface area contributed by atoms with Crippen LogP contribution in [0.1, 0.15) is 33.1 Å². The fourth-order valence-corrected chi connectivity index (χ4v) is 2.14. The highest BCUT2D eigenvalue weighted by Crippen LogP contribution is 2.24. The molecule has 98 valence electrons. The highest BCUT2D eigenvalue weighted by molar-refractivity contribution is 5.94. The zero-order valence-electron chi connectivity index (χ0n) is 11.3. The van der Waals surface area contributed by atoms with Gasteiger partial charge in [-0.3, -0.25) is 4.90 Å². The van der Waals surface area contributed by atoms with Crippen LogP contribution in [-0.2, 0) is 4.74 Å². The molecule has 3 nitrogen and oxygen atoms in total. The van der Waals surface area contributed by atoms with Gasteiger partial charge in [-0.1, -0.05) is 38.5 Å². The van der Waals surface area contributed by atoms with Crippen LogP contribution in [-0.4, -0.2) is 25.2 Å². The molecule has 0 bridgehead atoms. The normalized spacial score (nSPS) is 21.3. The summed E-state index contributed by atoms with van der Waals surface area (Å²) in [7, 11) is 0. The van der Waals surface area contributed by atoms with Crippen molar-refractivity contribution < 1.29 is 4.74 Å². The average molecular weight is 246 g/mol. The SMILES string of the molecule is CCCCN=C1OCC(CC)N1c1ccccc1. The van der Waals surface area contributed by atoms with Crippen molar-refractivity contribution >= 4 is 11.7 Å². The Morgan fingerprint density at radius 1 is 1.28 bits per heavy atom. The highest BCUT2D eigenvalue weighted by Gasteiger charge is 2.30. The van der Waals surface area contributed by atoms with Crippen molar-refractivity contribution in [3.63, 3.8) is 0 Å². The van der Waals surface area contributed by atoms with E-state index in [1.165, 1.54) is 12.1 Å². The van der Waals surface area contributed by atoms with Crippen molar-refractivity contribution in [1.29, 1.82) is 0 Å². The Morgan fingerprint density at radius 2 is 2.06 bits per heavy atom. The van der Waals surface area contributed by atoms with Crippen molar-refractivity contribution in [2.24, 2.45) is 4.99 Å². The second-order valence-corrected chi connectivity index (χ2v) is 4.60. The molecule has 1 atom stereocenters. The minimum Gasteiger partial charge on any atom is -0.463 e. The maximum atomic E-state index is 5.75. The van der Waals surface area contributed by atoms with E-state index in [0.29, 0.717) is 6.04 Å². The fraction of sp³-hybridized carbons (Fsp3) is 0.533. The topological polar surface area (TPSA) is 24.8 Å². The van der Waals surface area contributed by atoms with Crippen molar-refractivity contribution in [2.75, 3.05) is 18.1 Å². The molecule has 1 saturated heterocycles. The van der Waals surface area contributed by atoms with Crippen LogP contribution in [0, 0.1) is 0 Å². The Hall–Kier alpha value is -1.51. The number of hydrogen-bond donors (Lipinski definition) is 0. The number of unbranched alkanes of at least 4 members (excludes halogenated alkanes) is 1. The third-order valence-corrected chi connectivity index (χ3v) is 3.24. The lowest BCUT2D eigenvalue weighted by atomic mass is 10.2. The molecular weight excluding hydrogens is 224 g/mol. The van der Waals surface area contributed by atoms with Crippen molar-refractivity contribution in [3.05, 3.63) is 30.3 Å². The Kier molecular flexibility index (Phi) is 4.62. The number of hydrogen-bond acceptors (Lipinski definition) is 2. The van der Waals surface area contributed by atoms with Crippen LogP contribution in [0.3, 0.4) is 0 Å². The van der Waals surface area contributed by atoms with E-state index < -0.39 is 0 Å². The van der Waals surface area contributed by atoms with Gasteiger partial charge >= 0.3 is 0 Å². The molecule has 1 aliphatic rings. The number of rotatable bonds is 5. The van der Waals surface area contributed by atoms with E-state index in [0.717, 1.165) is 32.0 Å². The maximum absolute atomic E-state index is 5.75. The molecule has 1 aromatic carbocycles. The van der Waals surface area contributed by atoms with Gasteiger partial charge in [-0.2, -0.15) is 0 Å². The quantitative estimate of drug-likeness (QED) is 0.743. The Bertz CT molecular complexity index is 389. The molecule has 3 heteroatoms. The van der Waals surface area contributed by atoms with E-state index >= 15 is 0 Å². The molecule has 0 radical (unpaired) electrons. The summed E-state index contributed by atoms with van der Waals surface area (Å²) in [5.41, 5.74) is 1.18. The second-order valence-electron chi connectivity index (χ2n) is 4.60. The van der Waals surface area contributed by atoms with Gasteiger partial charge in [0.1, 0.15) is 6.61 Å². The predicted octanol–water partition coefficient (Wildman–Crippen LogP) is 3.46. The lowest BCUT2D eigenvalue weighted by Crippen LogP contribution is -2.33. The molecule has 0 N–H and O–H groups in total. The zero-order valence-corrected chi connectivity index (χ0v) is 11.3. The minimum atomic E-state index is 0.410. The van der Waals surface area contributed by atoms with Crippen LogP contribution < -0.4 is 4.90 Å². The number of anilines is 1. The molecule has 2 rings (SSSR count). The molecule has 1 unspecified atom stereocenters. The smallest absolute Gasteiger partial charge is 0.292 e. The van der Waals surface area contributed by atoms with Crippen LogP contribution in [0.25, 0.3) is 0 Å². The van der Waals surface area contributed by atoms with Gasteiger partial charge in [0.05, 0.1) is 6.04 Å². The van der Waals surface area contributed by atoms with Gasteiger partial charge in [0, 0.05) is 12.2 Å². The molecule has 1 heterocycles. The van der Waals surface area contributed by atoms with Gasteiger partial charge in [-0.15, -0.1) is 0 Å². The van der Waals surface area contributed by atoms with Gasteiger partial charge in [-0.05, 0) is 25.0 Å². The first-order chi connectivity index (χ1) is 8.86. The maximum Gasteiger partial charge on any atom is 0.292 e. The van der Waals surface area contributed by atoms with Crippen molar-refractivity contribution in [3.8, 4) is 0 Å². The first-order valence-electron chi connectivity index (χ1n) is 6.88. The number of ether oxygens (including phenoxy) is 1. The molecule has 0 spiro atoms. The number of para-hydroxylation sites is 1. The molecule has 0 saturated carbocycles. The molecule has 1 fully saturated rings. The van der Waals surface area contributed by atoms with Gasteiger partial charge in [0.15, 0.2) is 0 Å². The summed E-state index contributed by atoms with van der Waals surface area (Å²) in [5.74, 6) is 0. The van der Waals surface area contributed by atoms with Crippen molar-refractivity contribution in [2.45, 2.75) is 39.2 Å². The third-order valence-electron chi connectivity index (χ3n) is 3.24. The number of benzene rings is 1. The van der Waals surface area contributed by atoms with E-state index in [1.54, 1.807) is 0 Å². The first kappa shape index (κ1) is 12.9. The minimum absolute atomic E-state index is 0.410. The summed E-state index contributed by atoms with van der Waals surface area (Å²) in [6.45, 7) is 5.97. The second kappa shape index (κ2) is 6.43. The summed E-state index contributed by atoms with van der Waals surface area (Å²) in [4.78, 5) is 6.82. The van der Waals surface area contributed by atoms with Crippen LogP contribution >= 0.6 is 0 Å². The number of aliphatic imine (C=N–C) groups is 1. The summed E-state index contributed by atoms with van der Waals surface area (Å²) < 4.78 is 5.75. The van der Waals surface area contributed by atoms with Gasteiger partial charge in [0.2, 0.25) is 0 Å². The number of amidine groups is 1. The molecule has 0 amide bonds. The van der Waals surface area contributed by atoms with Crippen LogP contribution in [0.2, 0.25) is 0 Å². The molecular formula is C15H22N2O. The monoisotopic (exact) mass is 246 g/mol. The highest BCUT2D eigenvalue weighted by atomic mass is 16.5. The van der Waals surface area contributed by atoms with E-state index in [4.69, 9.17) is 4.74 Å². The van der Waals surface area contributed by atoms with E-state index in [9.17, 15) is 0 Å². The van der Waals surface area contributed by atoms with Gasteiger partial charge in [-0.25, -0.2) is 4.99 Å². The van der Waals surface area contributed by atoms with Crippen molar-refractivity contribution in [1.82, 2.24) is 0 Å². The third kappa shape index (κ3) is 2.84. The molecule has 0 aromatic heterocycles. The van der Waals surface area contributed by atoms with E-state index in [-0.39, 0.29) is 0 Å². The number of nitrogens with zero attached hydrogens (tertiary/aromatic N) is 2. The largest absolute Gasteiger partial charge is 0.463 e. The Morgan fingerprint density at radius 3 is 2.72 bits per heavy atom. The van der Waals surface area contributed by atoms with Crippen LogP contribution in [0.5, 0.6) is 0 Å². The molecule has 18 heavy (non-hydrogen) atoms. The predicted molar refractivity (Wildman–Crippen MR) is 76.2 cm³/mol. The zero-order chi connectivity index (χ0) is 12.8. The lowest BCUT2D eigenvalue weighted by molar-refractivity contribution is 0.323. The summed E-state index contributed by atoms with van der Waals surface area (Å²) >= 11 is 0. The standard InChI is InChI=1S/C15H22N2O/c1-3-5-11-16-15-17(13(4-2)12-18-15)14-9-7-6-8-10-14/h6-10,13H,3-5,11-12H2,1-2H3. The van der Waals surface area contributed by atoms with Gasteiger partial charge < -0.3 is 4.74 Å². The molecule has 0 aliphatic carbocycles. The first-order valence-corrected chi connectivity index (χ1v) is 6.88. The summed E-state index contributed by atoms with van der Waals surface area (Å²) in [5, 5.41) is 0. The van der Waals surface area contributed by atoms with E-state index in [2.05, 4.69) is 48.0 Å². The Balaban J connectivity index is 2.18. The fourth-order valence-electron chi connectivity index (χ4n) is 2.14. The molecule has 1 aliphatic heterocycles. The van der Waals surface area contributed by atoms with Crippen LogP contribution in [0.4, 0.5) is 5.69 Å².